The van der Waals surface area contributed by atoms with E-state index in [0.717, 1.165) is 5.39 Å². The van der Waals surface area contributed by atoms with E-state index in [2.05, 4.69) is 20.8 Å². The summed E-state index contributed by atoms with van der Waals surface area (Å²) in [5, 5.41) is 0.921. The van der Waals surface area contributed by atoms with E-state index < -0.39 is 11.8 Å². The molecule has 0 fully saturated rings. The van der Waals surface area contributed by atoms with Gasteiger partial charge in [-0.25, -0.2) is 4.98 Å². The van der Waals surface area contributed by atoms with Crippen LogP contribution in [0.3, 0.4) is 0 Å². The van der Waals surface area contributed by atoms with Gasteiger partial charge >= 0.3 is 0 Å². The lowest BCUT2D eigenvalue weighted by atomic mass is 10.0. The van der Waals surface area contributed by atoms with E-state index in [4.69, 9.17) is 0 Å². The fraction of sp³-hybridized carbons (Fsp3) is 0.200. The number of hydrogen-bond acceptors (Lipinski definition) is 4. The molecule has 0 saturated carbocycles. The molecule has 0 saturated heterocycles. The summed E-state index contributed by atoms with van der Waals surface area (Å²) in [7, 11) is 0. The number of pyridine rings is 1. The number of carbonyl (C=O) groups is 3. The van der Waals surface area contributed by atoms with Crippen LogP contribution in [0.15, 0.2) is 36.4 Å². The second-order valence-corrected chi connectivity index (χ2v) is 6.19. The number of carbonyl (C=O) groups excluding carboxylic acids is 3. The molecule has 0 spiro atoms. The molecule has 0 unspecified atom stereocenters. The van der Waals surface area contributed by atoms with Gasteiger partial charge in [0.25, 0.3) is 11.8 Å². The quantitative estimate of drug-likeness (QED) is 0.489. The first kappa shape index (κ1) is 18.3. The molecule has 0 aliphatic carbocycles. The van der Waals surface area contributed by atoms with E-state index in [-0.39, 0.29) is 17.2 Å². The zero-order valence-electron chi connectivity index (χ0n) is 15.3. The molecule has 7 nitrogen and oxygen atoms in total. The Kier molecular flexibility index (Phi) is 5.03. The lowest BCUT2D eigenvalue weighted by molar-refractivity contribution is 0.0841. The van der Waals surface area contributed by atoms with Crippen molar-refractivity contribution in [3.8, 4) is 0 Å². The summed E-state index contributed by atoms with van der Waals surface area (Å²) in [6, 6.07) is 10.8. The largest absolute Gasteiger partial charge is 0.354 e. The molecule has 0 aliphatic rings. The van der Waals surface area contributed by atoms with Gasteiger partial charge in [-0.05, 0) is 38.0 Å². The van der Waals surface area contributed by atoms with Crippen molar-refractivity contribution in [2.24, 2.45) is 0 Å². The van der Waals surface area contributed by atoms with Crippen LogP contribution in [-0.2, 0) is 6.42 Å². The van der Waals surface area contributed by atoms with E-state index in [1.807, 2.05) is 31.2 Å². The van der Waals surface area contributed by atoms with Crippen LogP contribution in [0.4, 0.5) is 0 Å². The second-order valence-electron chi connectivity index (χ2n) is 6.19. The van der Waals surface area contributed by atoms with E-state index in [1.165, 1.54) is 6.92 Å². The molecule has 27 heavy (non-hydrogen) atoms. The Morgan fingerprint density at radius 3 is 2.44 bits per heavy atom. The smallest absolute Gasteiger partial charge is 0.288 e. The van der Waals surface area contributed by atoms with E-state index in [0.29, 0.717) is 28.8 Å². The van der Waals surface area contributed by atoms with Crippen molar-refractivity contribution in [1.82, 2.24) is 20.8 Å². The van der Waals surface area contributed by atoms with Crippen LogP contribution in [0.25, 0.3) is 10.9 Å². The summed E-state index contributed by atoms with van der Waals surface area (Å²) in [6.07, 6.45) is 0.516. The summed E-state index contributed by atoms with van der Waals surface area (Å²) < 4.78 is 0. The number of benzene rings is 1. The topological polar surface area (TPSA) is 104 Å². The molecule has 2 amide bonds. The minimum Gasteiger partial charge on any atom is -0.354 e. The van der Waals surface area contributed by atoms with Gasteiger partial charge in [0.1, 0.15) is 11.4 Å². The molecule has 3 aromatic rings. The third-order valence-corrected chi connectivity index (χ3v) is 4.34. The third kappa shape index (κ3) is 3.57. The van der Waals surface area contributed by atoms with Crippen LogP contribution in [0.2, 0.25) is 0 Å². The molecule has 0 aliphatic heterocycles. The number of H-pyrrole nitrogens is 1. The predicted molar refractivity (Wildman–Crippen MR) is 102 cm³/mol. The molecular formula is C20H20N4O3. The Labute approximate surface area is 156 Å². The molecule has 0 radical (unpaired) electrons. The summed E-state index contributed by atoms with van der Waals surface area (Å²) >= 11 is 0. The van der Waals surface area contributed by atoms with Crippen molar-refractivity contribution in [2.45, 2.75) is 27.2 Å². The molecule has 3 N–H and O–H groups in total. The van der Waals surface area contributed by atoms with Crippen LogP contribution < -0.4 is 10.9 Å². The molecule has 2 heterocycles. The monoisotopic (exact) mass is 364 g/mol. The van der Waals surface area contributed by atoms with Gasteiger partial charge in [-0.15, -0.1) is 0 Å². The van der Waals surface area contributed by atoms with Crippen LogP contribution >= 0.6 is 0 Å². The molecule has 7 heteroatoms. The third-order valence-electron chi connectivity index (χ3n) is 4.34. The lowest BCUT2D eigenvalue weighted by Gasteiger charge is -2.08. The number of para-hydroxylation sites is 1. The zero-order chi connectivity index (χ0) is 19.6. The van der Waals surface area contributed by atoms with Gasteiger partial charge < -0.3 is 4.98 Å². The van der Waals surface area contributed by atoms with Crippen molar-refractivity contribution in [3.05, 3.63) is 64.6 Å². The van der Waals surface area contributed by atoms with Crippen LogP contribution in [0.5, 0.6) is 0 Å². The number of nitrogens with one attached hydrogen (secondary N) is 3. The number of rotatable bonds is 4. The van der Waals surface area contributed by atoms with E-state index in [9.17, 15) is 14.4 Å². The fourth-order valence-corrected chi connectivity index (χ4v) is 3.13. The molecule has 0 atom stereocenters. The Morgan fingerprint density at radius 2 is 1.74 bits per heavy atom. The summed E-state index contributed by atoms with van der Waals surface area (Å²) in [5.74, 6) is -1.15. The Bertz CT molecular complexity index is 1050. The van der Waals surface area contributed by atoms with E-state index in [1.54, 1.807) is 19.1 Å². The number of nitrogens with zero attached hydrogens (tertiary/aromatic N) is 1. The van der Waals surface area contributed by atoms with Gasteiger partial charge in [-0.2, -0.15) is 0 Å². The van der Waals surface area contributed by atoms with E-state index >= 15 is 0 Å². The maximum absolute atomic E-state index is 12.5. The lowest BCUT2D eigenvalue weighted by Crippen LogP contribution is -2.42. The van der Waals surface area contributed by atoms with Crippen molar-refractivity contribution in [2.75, 3.05) is 0 Å². The predicted octanol–water partition coefficient (Wildman–Crippen LogP) is 2.71. The summed E-state index contributed by atoms with van der Waals surface area (Å²) in [5.41, 5.74) is 7.68. The normalized spacial score (nSPS) is 10.6. The Hall–Kier alpha value is -3.48. The average molecular weight is 364 g/mol. The van der Waals surface area contributed by atoms with Gasteiger partial charge in [0.2, 0.25) is 0 Å². The van der Waals surface area contributed by atoms with Crippen molar-refractivity contribution >= 4 is 28.5 Å². The standard InChI is InChI=1S/C20H20N4O3/c1-4-14-17(12(3)25)11(2)21-18(14)20(27)24-23-19(26)16-10-9-13-7-5-6-8-15(13)22-16/h5-10,21H,4H2,1-3H3,(H,23,26)(H,24,27). The number of ketones is 1. The van der Waals surface area contributed by atoms with Gasteiger partial charge in [-0.3, -0.25) is 25.2 Å². The highest BCUT2D eigenvalue weighted by Crippen LogP contribution is 2.20. The van der Waals surface area contributed by atoms with Crippen LogP contribution in [-0.4, -0.2) is 27.6 Å². The Balaban J connectivity index is 1.76. The number of amides is 2. The van der Waals surface area contributed by atoms with Gasteiger partial charge in [0, 0.05) is 16.6 Å². The zero-order valence-corrected chi connectivity index (χ0v) is 15.3. The first-order chi connectivity index (χ1) is 12.9. The average Bonchev–Trinajstić information content (AvgIpc) is 3.02. The summed E-state index contributed by atoms with van der Waals surface area (Å²) in [4.78, 5) is 43.8. The highest BCUT2D eigenvalue weighted by Gasteiger charge is 2.22. The number of hydrogen-bond donors (Lipinski definition) is 3. The van der Waals surface area contributed by atoms with Crippen molar-refractivity contribution in [3.63, 3.8) is 0 Å². The Morgan fingerprint density at radius 1 is 1.04 bits per heavy atom. The van der Waals surface area contributed by atoms with Gasteiger partial charge in [0.05, 0.1) is 5.52 Å². The van der Waals surface area contributed by atoms with Gasteiger partial charge in [-0.1, -0.05) is 31.2 Å². The number of aromatic nitrogens is 2. The molecule has 138 valence electrons. The molecular weight excluding hydrogens is 344 g/mol. The molecule has 3 rings (SSSR count). The highest BCUT2D eigenvalue weighted by molar-refractivity contribution is 6.03. The SMILES string of the molecule is CCc1c(C(=O)NNC(=O)c2ccc3ccccc3n2)[nH]c(C)c1C(C)=O. The molecule has 2 aromatic heterocycles. The number of aryl methyl sites for hydroxylation is 1. The second kappa shape index (κ2) is 7.41. The first-order valence-corrected chi connectivity index (χ1v) is 8.61. The number of hydrazine groups is 1. The number of aromatic amines is 1. The van der Waals surface area contributed by atoms with Crippen molar-refractivity contribution in [1.29, 1.82) is 0 Å². The van der Waals surface area contributed by atoms with Crippen LogP contribution in [0, 0.1) is 6.92 Å². The molecule has 0 bridgehead atoms. The first-order valence-electron chi connectivity index (χ1n) is 8.61. The maximum Gasteiger partial charge on any atom is 0.288 e. The highest BCUT2D eigenvalue weighted by atomic mass is 16.2. The maximum atomic E-state index is 12.5. The fourth-order valence-electron chi connectivity index (χ4n) is 3.13. The van der Waals surface area contributed by atoms with Crippen molar-refractivity contribution < 1.29 is 14.4 Å². The van der Waals surface area contributed by atoms with Gasteiger partial charge in [0.15, 0.2) is 5.78 Å². The molecule has 1 aromatic carbocycles. The number of Topliss-reactive ketones (excluding diaryl/α,β-unsaturated/α-hetero) is 1. The van der Waals surface area contributed by atoms with Crippen LogP contribution in [0.1, 0.15) is 56.4 Å². The minimum atomic E-state index is -0.526. The number of fused-ring (bicyclic) bond motifs is 1. The minimum absolute atomic E-state index is 0.107. The summed E-state index contributed by atoms with van der Waals surface area (Å²) in [6.45, 7) is 5.07.